The van der Waals surface area contributed by atoms with Crippen molar-refractivity contribution in [2.24, 2.45) is 0 Å². The Hall–Kier alpha value is -2.49. The van der Waals surface area contributed by atoms with Crippen LogP contribution in [0.1, 0.15) is 11.1 Å². The van der Waals surface area contributed by atoms with Crippen LogP contribution in [-0.4, -0.2) is 15.2 Å². The summed E-state index contributed by atoms with van der Waals surface area (Å²) in [6, 6.07) is 10.0. The van der Waals surface area contributed by atoms with Crippen LogP contribution in [0.3, 0.4) is 0 Å². The lowest BCUT2D eigenvalue weighted by Gasteiger charge is -2.10. The van der Waals surface area contributed by atoms with E-state index in [1.807, 2.05) is 44.2 Å². The molecule has 0 aliphatic rings. The van der Waals surface area contributed by atoms with Crippen molar-refractivity contribution in [1.29, 1.82) is 0 Å². The van der Waals surface area contributed by atoms with Gasteiger partial charge in [0, 0.05) is 17.1 Å². The van der Waals surface area contributed by atoms with E-state index in [1.165, 1.54) is 0 Å². The van der Waals surface area contributed by atoms with E-state index in [0.29, 0.717) is 5.82 Å². The zero-order valence-corrected chi connectivity index (χ0v) is 10.9. The zero-order chi connectivity index (χ0) is 13.4. The number of fused-ring (bicyclic) bond motifs is 1. The van der Waals surface area contributed by atoms with E-state index in [-0.39, 0.29) is 0 Å². The fourth-order valence-electron chi connectivity index (χ4n) is 2.17. The highest BCUT2D eigenvalue weighted by Crippen LogP contribution is 2.29. The predicted octanol–water partition coefficient (Wildman–Crippen LogP) is 2.89. The summed E-state index contributed by atoms with van der Waals surface area (Å²) < 4.78 is 0. The fraction of sp³-hybridized carbons (Fsp3) is 0.133. The van der Waals surface area contributed by atoms with Gasteiger partial charge in [-0.2, -0.15) is 0 Å². The second-order valence-electron chi connectivity index (χ2n) is 4.56. The molecule has 94 valence electrons. The lowest BCUT2D eigenvalue weighted by atomic mass is 10.0. The number of hydrogen-bond acceptors (Lipinski definition) is 4. The highest BCUT2D eigenvalue weighted by Gasteiger charge is 2.12. The minimum absolute atomic E-state index is 0.481. The molecule has 0 atom stereocenters. The lowest BCUT2D eigenvalue weighted by Crippen LogP contribution is -2.02. The Kier molecular flexibility index (Phi) is 2.63. The first-order chi connectivity index (χ1) is 9.18. The number of nitrogens with two attached hydrogens (primary N) is 1. The second-order valence-corrected chi connectivity index (χ2v) is 4.56. The number of para-hydroxylation sites is 1. The summed E-state index contributed by atoms with van der Waals surface area (Å²) in [6.07, 6.45) is 1.79. The van der Waals surface area contributed by atoms with Gasteiger partial charge in [0.15, 0.2) is 0 Å². The molecular formula is C15H14N4. The molecule has 3 aromatic rings. The molecule has 0 amide bonds. The van der Waals surface area contributed by atoms with Gasteiger partial charge in [-0.05, 0) is 31.0 Å². The van der Waals surface area contributed by atoms with Crippen LogP contribution in [0.2, 0.25) is 0 Å². The van der Waals surface area contributed by atoms with Crippen LogP contribution in [0.25, 0.3) is 22.2 Å². The number of hydrogen-bond donors (Lipinski definition) is 1. The van der Waals surface area contributed by atoms with Crippen LogP contribution in [0.15, 0.2) is 36.5 Å². The summed E-state index contributed by atoms with van der Waals surface area (Å²) >= 11 is 0. The van der Waals surface area contributed by atoms with Crippen molar-refractivity contribution in [3.63, 3.8) is 0 Å². The van der Waals surface area contributed by atoms with Crippen molar-refractivity contribution in [3.05, 3.63) is 47.7 Å². The second kappa shape index (κ2) is 4.31. The van der Waals surface area contributed by atoms with Gasteiger partial charge in [0.1, 0.15) is 5.82 Å². The summed E-state index contributed by atoms with van der Waals surface area (Å²) in [7, 11) is 0. The predicted molar refractivity (Wildman–Crippen MR) is 76.7 cm³/mol. The van der Waals surface area contributed by atoms with E-state index in [4.69, 9.17) is 5.73 Å². The molecule has 0 aliphatic carbocycles. The largest absolute Gasteiger partial charge is 0.382 e. The Labute approximate surface area is 111 Å². The molecule has 0 bridgehead atoms. The lowest BCUT2D eigenvalue weighted by molar-refractivity contribution is 1.02. The highest BCUT2D eigenvalue weighted by atomic mass is 15.1. The topological polar surface area (TPSA) is 64.7 Å². The summed E-state index contributed by atoms with van der Waals surface area (Å²) in [5.41, 5.74) is 10.6. The van der Waals surface area contributed by atoms with Crippen molar-refractivity contribution < 1.29 is 0 Å². The average molecular weight is 250 g/mol. The minimum Gasteiger partial charge on any atom is -0.382 e. The molecular weight excluding hydrogens is 236 g/mol. The van der Waals surface area contributed by atoms with Crippen molar-refractivity contribution in [1.82, 2.24) is 15.2 Å². The Morgan fingerprint density at radius 2 is 1.74 bits per heavy atom. The van der Waals surface area contributed by atoms with Crippen molar-refractivity contribution in [2.45, 2.75) is 13.8 Å². The Balaban J connectivity index is 2.34. The average Bonchev–Trinajstić information content (AvgIpc) is 2.45. The number of nitrogen functional groups attached to an aromatic ring is 1. The third-order valence-corrected chi connectivity index (χ3v) is 3.45. The fourth-order valence-corrected chi connectivity index (χ4v) is 2.17. The Morgan fingerprint density at radius 3 is 2.58 bits per heavy atom. The summed E-state index contributed by atoms with van der Waals surface area (Å²) in [6.45, 7) is 3.97. The summed E-state index contributed by atoms with van der Waals surface area (Å²) in [4.78, 5) is 4.45. The molecule has 0 saturated carbocycles. The summed E-state index contributed by atoms with van der Waals surface area (Å²) in [5.74, 6) is 0.481. The minimum atomic E-state index is 0.481. The van der Waals surface area contributed by atoms with E-state index < -0.39 is 0 Å². The van der Waals surface area contributed by atoms with Crippen LogP contribution in [0, 0.1) is 13.8 Å². The SMILES string of the molecule is Cc1c(N)nnc(-c2cccc3cccnc23)c1C. The van der Waals surface area contributed by atoms with Gasteiger partial charge in [0.2, 0.25) is 0 Å². The highest BCUT2D eigenvalue weighted by molar-refractivity contribution is 5.93. The zero-order valence-electron chi connectivity index (χ0n) is 10.9. The molecule has 0 saturated heterocycles. The van der Waals surface area contributed by atoms with E-state index in [1.54, 1.807) is 6.20 Å². The third kappa shape index (κ3) is 1.81. The van der Waals surface area contributed by atoms with Gasteiger partial charge >= 0.3 is 0 Å². The van der Waals surface area contributed by atoms with Gasteiger partial charge in [-0.25, -0.2) is 0 Å². The van der Waals surface area contributed by atoms with Crippen molar-refractivity contribution in [2.75, 3.05) is 5.73 Å². The van der Waals surface area contributed by atoms with E-state index in [0.717, 1.165) is 33.3 Å². The third-order valence-electron chi connectivity index (χ3n) is 3.45. The molecule has 2 N–H and O–H groups in total. The van der Waals surface area contributed by atoms with Gasteiger partial charge in [-0.3, -0.25) is 4.98 Å². The molecule has 2 aromatic heterocycles. The number of aromatic nitrogens is 3. The van der Waals surface area contributed by atoms with Gasteiger partial charge < -0.3 is 5.73 Å². The van der Waals surface area contributed by atoms with Gasteiger partial charge in [0.25, 0.3) is 0 Å². The van der Waals surface area contributed by atoms with Crippen LogP contribution in [0.5, 0.6) is 0 Å². The summed E-state index contributed by atoms with van der Waals surface area (Å²) in [5, 5.41) is 9.36. The molecule has 0 unspecified atom stereocenters. The van der Waals surface area contributed by atoms with Crippen LogP contribution < -0.4 is 5.73 Å². The molecule has 1 aromatic carbocycles. The van der Waals surface area contributed by atoms with Crippen LogP contribution >= 0.6 is 0 Å². The van der Waals surface area contributed by atoms with Crippen LogP contribution in [0.4, 0.5) is 5.82 Å². The van der Waals surface area contributed by atoms with E-state index >= 15 is 0 Å². The maximum atomic E-state index is 5.79. The first-order valence-corrected chi connectivity index (χ1v) is 6.12. The molecule has 4 heteroatoms. The molecule has 0 aliphatic heterocycles. The Morgan fingerprint density at radius 1 is 0.947 bits per heavy atom. The van der Waals surface area contributed by atoms with E-state index in [9.17, 15) is 0 Å². The van der Waals surface area contributed by atoms with Crippen molar-refractivity contribution in [3.8, 4) is 11.3 Å². The smallest absolute Gasteiger partial charge is 0.149 e. The standard InChI is InChI=1S/C15H14N4/c1-9-10(2)15(16)19-18-13(9)12-7-3-5-11-6-4-8-17-14(11)12/h3-8H,1-2H3,(H2,16,19). The molecule has 0 fully saturated rings. The number of rotatable bonds is 1. The first kappa shape index (κ1) is 11.6. The molecule has 0 radical (unpaired) electrons. The monoisotopic (exact) mass is 250 g/mol. The molecule has 19 heavy (non-hydrogen) atoms. The van der Waals surface area contributed by atoms with Crippen molar-refractivity contribution >= 4 is 16.7 Å². The quantitative estimate of drug-likeness (QED) is 0.721. The number of benzene rings is 1. The van der Waals surface area contributed by atoms with E-state index in [2.05, 4.69) is 15.2 Å². The Bertz CT molecular complexity index is 760. The molecule has 4 nitrogen and oxygen atoms in total. The van der Waals surface area contributed by atoms with Gasteiger partial charge in [-0.1, -0.05) is 24.3 Å². The van der Waals surface area contributed by atoms with Gasteiger partial charge in [0.05, 0.1) is 11.2 Å². The maximum absolute atomic E-state index is 5.79. The molecule has 2 heterocycles. The van der Waals surface area contributed by atoms with Gasteiger partial charge in [-0.15, -0.1) is 10.2 Å². The maximum Gasteiger partial charge on any atom is 0.149 e. The first-order valence-electron chi connectivity index (χ1n) is 6.12. The normalized spacial score (nSPS) is 10.8. The molecule has 0 spiro atoms. The number of anilines is 1. The molecule has 3 rings (SSSR count). The number of nitrogens with zero attached hydrogens (tertiary/aromatic N) is 3. The van der Waals surface area contributed by atoms with Crippen LogP contribution in [-0.2, 0) is 0 Å². The number of pyridine rings is 1.